The topological polar surface area (TPSA) is 191 Å². The van der Waals surface area contributed by atoms with Gasteiger partial charge in [0.2, 0.25) is 17.7 Å². The maximum Gasteiger partial charge on any atom is 0.328 e. The molecule has 0 bridgehead atoms. The van der Waals surface area contributed by atoms with E-state index in [0.29, 0.717) is 12.0 Å². The zero-order chi connectivity index (χ0) is 26.0. The van der Waals surface area contributed by atoms with Crippen molar-refractivity contribution in [2.24, 2.45) is 11.7 Å². The van der Waals surface area contributed by atoms with E-state index < -0.39 is 54.0 Å². The van der Waals surface area contributed by atoms with Crippen molar-refractivity contribution in [3.05, 3.63) is 29.8 Å². The maximum atomic E-state index is 13.1. The number of aliphatic hydroxyl groups excluding tert-OH is 1. The molecule has 34 heavy (non-hydrogen) atoms. The number of rotatable bonds is 13. The van der Waals surface area contributed by atoms with Gasteiger partial charge in [0, 0.05) is 12.2 Å². The van der Waals surface area contributed by atoms with Gasteiger partial charge in [0.25, 0.3) is 0 Å². The van der Waals surface area contributed by atoms with Gasteiger partial charge < -0.3 is 37.0 Å². The van der Waals surface area contributed by atoms with Crippen LogP contribution in [0.3, 0.4) is 0 Å². The Labute approximate surface area is 203 Å². The summed E-state index contributed by atoms with van der Waals surface area (Å²) in [6.07, 6.45) is -0.894. The number of thiol groups is 1. The number of nitrogens with two attached hydrogens (primary N) is 1. The minimum atomic E-state index is -1.59. The number of aromatic hydroxyl groups is 1. The molecule has 0 aliphatic rings. The Balaban J connectivity index is 3.18. The minimum Gasteiger partial charge on any atom is -0.508 e. The lowest BCUT2D eigenvalue weighted by Crippen LogP contribution is -2.60. The monoisotopic (exact) mass is 498 g/mol. The third kappa shape index (κ3) is 8.84. The van der Waals surface area contributed by atoms with Gasteiger partial charge in [0.15, 0.2) is 6.04 Å². The molecule has 1 rings (SSSR count). The first-order chi connectivity index (χ1) is 15.9. The molecule has 0 aliphatic heterocycles. The highest BCUT2D eigenvalue weighted by Crippen LogP contribution is 2.13. The second-order valence-electron chi connectivity index (χ2n) is 8.16. The lowest BCUT2D eigenvalue weighted by atomic mass is 9.96. The molecule has 1 aromatic rings. The molecule has 0 saturated heterocycles. The number of carboxylic acid groups (broad SMARTS) is 1. The van der Waals surface area contributed by atoms with Crippen molar-refractivity contribution in [2.45, 2.75) is 63.9 Å². The number of hydrogen-bond acceptors (Lipinski definition) is 8. The van der Waals surface area contributed by atoms with Crippen LogP contribution in [0.25, 0.3) is 0 Å². The molecule has 0 heterocycles. The van der Waals surface area contributed by atoms with Crippen molar-refractivity contribution in [3.8, 4) is 5.75 Å². The predicted octanol–water partition coefficient (Wildman–Crippen LogP) is -0.842. The van der Waals surface area contributed by atoms with Crippen LogP contribution in [0.15, 0.2) is 24.3 Å². The lowest BCUT2D eigenvalue weighted by molar-refractivity contribution is -0.145. The van der Waals surface area contributed by atoms with Crippen LogP contribution in [0.2, 0.25) is 0 Å². The molecule has 0 saturated carbocycles. The quantitative estimate of drug-likeness (QED) is 0.161. The summed E-state index contributed by atoms with van der Waals surface area (Å²) in [6, 6.07) is 1.14. The second kappa shape index (κ2) is 13.8. The average molecular weight is 499 g/mol. The molecule has 0 fully saturated rings. The molecule has 0 radical (unpaired) electrons. The van der Waals surface area contributed by atoms with E-state index >= 15 is 0 Å². The first-order valence-corrected chi connectivity index (χ1v) is 11.5. The van der Waals surface area contributed by atoms with E-state index in [4.69, 9.17) is 5.73 Å². The molecule has 0 aliphatic carbocycles. The van der Waals surface area contributed by atoms with Crippen LogP contribution in [0.4, 0.5) is 0 Å². The smallest absolute Gasteiger partial charge is 0.328 e. The van der Waals surface area contributed by atoms with E-state index in [-0.39, 0.29) is 23.8 Å². The summed E-state index contributed by atoms with van der Waals surface area (Å²) in [5.74, 6) is -3.74. The molecule has 11 nitrogen and oxygen atoms in total. The van der Waals surface area contributed by atoms with E-state index in [2.05, 4.69) is 28.6 Å². The Morgan fingerprint density at radius 3 is 2.00 bits per heavy atom. The van der Waals surface area contributed by atoms with Crippen LogP contribution in [-0.2, 0) is 25.6 Å². The van der Waals surface area contributed by atoms with Gasteiger partial charge in [-0.15, -0.1) is 0 Å². The number of aliphatic hydroxyl groups is 1. The first-order valence-electron chi connectivity index (χ1n) is 10.9. The number of amides is 3. The number of aliphatic carboxylic acids is 1. The lowest BCUT2D eigenvalue weighted by Gasteiger charge is -2.28. The Morgan fingerprint density at radius 2 is 1.53 bits per heavy atom. The van der Waals surface area contributed by atoms with Crippen molar-refractivity contribution in [2.75, 3.05) is 5.75 Å². The highest BCUT2D eigenvalue weighted by molar-refractivity contribution is 7.80. The molecule has 6 atom stereocenters. The van der Waals surface area contributed by atoms with Gasteiger partial charge in [0.05, 0.1) is 12.1 Å². The fraction of sp³-hybridized carbons (Fsp3) is 0.545. The molecule has 190 valence electrons. The number of phenols is 1. The summed E-state index contributed by atoms with van der Waals surface area (Å²) in [4.78, 5) is 49.8. The van der Waals surface area contributed by atoms with E-state index in [1.165, 1.54) is 19.1 Å². The van der Waals surface area contributed by atoms with Crippen LogP contribution in [0, 0.1) is 5.92 Å². The summed E-state index contributed by atoms with van der Waals surface area (Å²) >= 11 is 3.99. The number of nitrogens with one attached hydrogen (secondary N) is 3. The number of carboxylic acids is 1. The van der Waals surface area contributed by atoms with Crippen LogP contribution >= 0.6 is 12.6 Å². The van der Waals surface area contributed by atoms with Crippen LogP contribution < -0.4 is 21.7 Å². The molecule has 12 heteroatoms. The van der Waals surface area contributed by atoms with E-state index in [9.17, 15) is 34.5 Å². The third-order valence-corrected chi connectivity index (χ3v) is 5.78. The van der Waals surface area contributed by atoms with E-state index in [1.54, 1.807) is 19.1 Å². The van der Waals surface area contributed by atoms with E-state index in [0.717, 1.165) is 0 Å². The summed E-state index contributed by atoms with van der Waals surface area (Å²) in [5.41, 5.74) is 6.27. The summed E-state index contributed by atoms with van der Waals surface area (Å²) in [5, 5.41) is 35.9. The van der Waals surface area contributed by atoms with Gasteiger partial charge in [-0.2, -0.15) is 12.6 Å². The summed E-state index contributed by atoms with van der Waals surface area (Å²) < 4.78 is 0. The van der Waals surface area contributed by atoms with Gasteiger partial charge in [0.1, 0.15) is 17.8 Å². The van der Waals surface area contributed by atoms with Gasteiger partial charge in [-0.3, -0.25) is 14.4 Å². The maximum absolute atomic E-state index is 13.1. The average Bonchev–Trinajstić information content (AvgIpc) is 2.79. The fourth-order valence-electron chi connectivity index (χ4n) is 3.03. The molecule has 0 spiro atoms. The minimum absolute atomic E-state index is 0.00825. The second-order valence-corrected chi connectivity index (χ2v) is 8.52. The predicted molar refractivity (Wildman–Crippen MR) is 128 cm³/mol. The normalized spacial score (nSPS) is 16.3. The molecule has 1 aromatic carbocycles. The molecule has 0 aromatic heterocycles. The van der Waals surface area contributed by atoms with Crippen molar-refractivity contribution >= 4 is 36.3 Å². The van der Waals surface area contributed by atoms with Gasteiger partial charge in [-0.25, -0.2) is 4.79 Å². The third-order valence-electron chi connectivity index (χ3n) is 5.38. The summed E-state index contributed by atoms with van der Waals surface area (Å²) in [6.45, 7) is 4.79. The highest BCUT2D eigenvalue weighted by Gasteiger charge is 2.33. The molecular formula is C22H34N4O7S. The van der Waals surface area contributed by atoms with Gasteiger partial charge in [-0.1, -0.05) is 32.4 Å². The van der Waals surface area contributed by atoms with Gasteiger partial charge in [-0.05, 0) is 30.5 Å². The summed E-state index contributed by atoms with van der Waals surface area (Å²) in [7, 11) is 0. The molecular weight excluding hydrogens is 464 g/mol. The number of benzene rings is 1. The van der Waals surface area contributed by atoms with Crippen LogP contribution in [0.1, 0.15) is 32.8 Å². The van der Waals surface area contributed by atoms with Crippen LogP contribution in [-0.4, -0.2) is 75.0 Å². The fourth-order valence-corrected chi connectivity index (χ4v) is 3.19. The molecule has 3 amide bonds. The molecule has 6 unspecified atom stereocenters. The van der Waals surface area contributed by atoms with Crippen molar-refractivity contribution < 1.29 is 34.5 Å². The Bertz CT molecular complexity index is 850. The van der Waals surface area contributed by atoms with Crippen molar-refractivity contribution in [1.82, 2.24) is 16.0 Å². The SMILES string of the molecule is CCC(C)C(NC(=O)C(N)CS)C(=O)NC(Cc1ccc(O)cc1)C(=O)NC(C(=O)O)C(C)O. The van der Waals surface area contributed by atoms with E-state index in [1.807, 2.05) is 6.92 Å². The van der Waals surface area contributed by atoms with Crippen molar-refractivity contribution in [3.63, 3.8) is 0 Å². The standard InChI is InChI=1S/C22H34N4O7S/c1-4-11(2)17(25-19(29)15(23)10-34)21(31)24-16(9-13-5-7-14(28)8-6-13)20(30)26-18(12(3)27)22(32)33/h5-8,11-12,15-18,27-28,34H,4,9-10,23H2,1-3H3,(H,24,31)(H,25,29)(H,26,30)(H,32,33). The number of hydrogen-bond donors (Lipinski definition) is 8. The van der Waals surface area contributed by atoms with Gasteiger partial charge >= 0.3 is 5.97 Å². The highest BCUT2D eigenvalue weighted by atomic mass is 32.1. The molecule has 8 N–H and O–H groups in total. The number of carbonyl (C=O) groups is 4. The Hall–Kier alpha value is -2.83. The number of carbonyl (C=O) groups excluding carboxylic acids is 3. The zero-order valence-electron chi connectivity index (χ0n) is 19.4. The first kappa shape index (κ1) is 29.2. The Morgan fingerprint density at radius 1 is 0.971 bits per heavy atom. The van der Waals surface area contributed by atoms with Crippen molar-refractivity contribution in [1.29, 1.82) is 0 Å². The number of phenolic OH excluding ortho intramolecular Hbond substituents is 1. The Kier molecular flexibility index (Phi) is 11.8. The van der Waals surface area contributed by atoms with Crippen LogP contribution in [0.5, 0.6) is 5.75 Å². The zero-order valence-corrected chi connectivity index (χ0v) is 20.3. The largest absolute Gasteiger partial charge is 0.508 e.